The number of amides is 1. The fourth-order valence-corrected chi connectivity index (χ4v) is 5.46. The monoisotopic (exact) mass is 564 g/mol. The standard InChI is InChI=1S/C33H44N2O6/c1-7-34(8-2)15-16-35-30(23-10-13-27(28(20-23)39-9-3)40-17-14-21(4)5)29(32(37)33(35)38)31(36)24-11-12-26-25(19-24)18-22(6)41-26/h10-13,19-22,30,36H,7-9,14-18H2,1-6H3/t22-,30+/m1/s1. The van der Waals surface area contributed by atoms with Gasteiger partial charge in [0.2, 0.25) is 0 Å². The Morgan fingerprint density at radius 2 is 1.83 bits per heavy atom. The second-order valence-electron chi connectivity index (χ2n) is 11.1. The van der Waals surface area contributed by atoms with Crippen molar-refractivity contribution in [1.82, 2.24) is 9.80 Å². The third kappa shape index (κ3) is 6.70. The number of carbonyl (C=O) groups is 2. The first kappa shape index (κ1) is 30.4. The van der Waals surface area contributed by atoms with Gasteiger partial charge in [0.15, 0.2) is 11.5 Å². The number of ketones is 1. The molecule has 1 N–H and O–H groups in total. The Labute approximate surface area is 243 Å². The van der Waals surface area contributed by atoms with Gasteiger partial charge < -0.3 is 29.1 Å². The molecular formula is C33H44N2O6. The highest BCUT2D eigenvalue weighted by atomic mass is 16.5. The Bertz CT molecular complexity index is 1280. The van der Waals surface area contributed by atoms with E-state index in [-0.39, 0.29) is 17.4 Å². The Morgan fingerprint density at radius 3 is 2.51 bits per heavy atom. The Hall–Kier alpha value is -3.52. The number of hydrogen-bond acceptors (Lipinski definition) is 7. The zero-order chi connectivity index (χ0) is 29.7. The molecule has 0 spiro atoms. The van der Waals surface area contributed by atoms with Gasteiger partial charge in [0.1, 0.15) is 17.6 Å². The number of aliphatic hydroxyl groups excluding tert-OH is 1. The summed E-state index contributed by atoms with van der Waals surface area (Å²) >= 11 is 0. The number of carbonyl (C=O) groups excluding carboxylic acids is 2. The van der Waals surface area contributed by atoms with E-state index < -0.39 is 17.7 Å². The molecule has 2 heterocycles. The van der Waals surface area contributed by atoms with Gasteiger partial charge in [-0.2, -0.15) is 0 Å². The summed E-state index contributed by atoms with van der Waals surface area (Å²) in [6.45, 7) is 15.9. The largest absolute Gasteiger partial charge is 0.507 e. The maximum atomic E-state index is 13.6. The molecule has 1 fully saturated rings. The van der Waals surface area contributed by atoms with Gasteiger partial charge in [-0.05, 0) is 80.7 Å². The number of fused-ring (bicyclic) bond motifs is 1. The number of hydrogen-bond donors (Lipinski definition) is 1. The lowest BCUT2D eigenvalue weighted by molar-refractivity contribution is -0.140. The number of Topliss-reactive ketones (excluding diaryl/α,β-unsaturated/α-hetero) is 1. The van der Waals surface area contributed by atoms with Gasteiger partial charge in [0, 0.05) is 25.1 Å². The minimum atomic E-state index is -0.766. The maximum absolute atomic E-state index is 13.6. The van der Waals surface area contributed by atoms with Crippen LogP contribution in [0.3, 0.4) is 0 Å². The molecule has 41 heavy (non-hydrogen) atoms. The van der Waals surface area contributed by atoms with E-state index in [4.69, 9.17) is 14.2 Å². The molecular weight excluding hydrogens is 520 g/mol. The molecule has 1 saturated heterocycles. The van der Waals surface area contributed by atoms with Crippen molar-refractivity contribution in [3.8, 4) is 17.2 Å². The Balaban J connectivity index is 1.78. The highest BCUT2D eigenvalue weighted by molar-refractivity contribution is 6.46. The number of nitrogens with zero attached hydrogens (tertiary/aromatic N) is 2. The van der Waals surface area contributed by atoms with Crippen molar-refractivity contribution in [3.63, 3.8) is 0 Å². The lowest BCUT2D eigenvalue weighted by Crippen LogP contribution is -2.38. The molecule has 2 aliphatic heterocycles. The van der Waals surface area contributed by atoms with Crippen LogP contribution in [0.5, 0.6) is 17.2 Å². The zero-order valence-corrected chi connectivity index (χ0v) is 25.2. The van der Waals surface area contributed by atoms with Gasteiger partial charge in [0.25, 0.3) is 11.7 Å². The summed E-state index contributed by atoms with van der Waals surface area (Å²) in [5.74, 6) is 0.959. The number of likely N-dealkylation sites (tertiary alicyclic amines) is 1. The van der Waals surface area contributed by atoms with Gasteiger partial charge in [-0.15, -0.1) is 0 Å². The van der Waals surface area contributed by atoms with Crippen molar-refractivity contribution in [2.24, 2.45) is 5.92 Å². The first-order valence-electron chi connectivity index (χ1n) is 14.9. The van der Waals surface area contributed by atoms with Crippen LogP contribution in [0.25, 0.3) is 5.76 Å². The van der Waals surface area contributed by atoms with Crippen molar-refractivity contribution >= 4 is 17.4 Å². The van der Waals surface area contributed by atoms with Gasteiger partial charge >= 0.3 is 0 Å². The smallest absolute Gasteiger partial charge is 0.295 e. The van der Waals surface area contributed by atoms with Gasteiger partial charge in [0.05, 0.1) is 24.8 Å². The summed E-state index contributed by atoms with van der Waals surface area (Å²) in [7, 11) is 0. The Kier molecular flexibility index (Phi) is 9.97. The number of likely N-dealkylation sites (N-methyl/N-ethyl adjacent to an activating group) is 1. The topological polar surface area (TPSA) is 88.5 Å². The van der Waals surface area contributed by atoms with Gasteiger partial charge in [-0.3, -0.25) is 9.59 Å². The van der Waals surface area contributed by atoms with Crippen molar-refractivity contribution < 1.29 is 28.9 Å². The van der Waals surface area contributed by atoms with Crippen molar-refractivity contribution in [1.29, 1.82) is 0 Å². The van der Waals surface area contributed by atoms with E-state index in [1.54, 1.807) is 11.0 Å². The molecule has 0 aromatic heterocycles. The minimum Gasteiger partial charge on any atom is -0.507 e. The van der Waals surface area contributed by atoms with E-state index in [0.29, 0.717) is 61.3 Å². The van der Waals surface area contributed by atoms with Crippen molar-refractivity contribution in [3.05, 3.63) is 58.7 Å². The molecule has 222 valence electrons. The minimum absolute atomic E-state index is 0.0475. The predicted molar refractivity (Wildman–Crippen MR) is 160 cm³/mol. The third-order valence-corrected chi connectivity index (χ3v) is 7.80. The highest BCUT2D eigenvalue weighted by Crippen LogP contribution is 2.43. The molecule has 8 heteroatoms. The molecule has 0 radical (unpaired) electrons. The van der Waals surface area contributed by atoms with Crippen molar-refractivity contribution in [2.75, 3.05) is 39.4 Å². The first-order chi connectivity index (χ1) is 19.7. The summed E-state index contributed by atoms with van der Waals surface area (Å²) in [5.41, 5.74) is 2.22. The molecule has 0 aliphatic carbocycles. The van der Waals surface area contributed by atoms with E-state index in [9.17, 15) is 14.7 Å². The number of ether oxygens (including phenoxy) is 3. The maximum Gasteiger partial charge on any atom is 0.295 e. The van der Waals surface area contributed by atoms with Gasteiger partial charge in [-0.25, -0.2) is 0 Å². The van der Waals surface area contributed by atoms with Crippen LogP contribution in [0, 0.1) is 5.92 Å². The number of rotatable bonds is 13. The molecule has 2 aliphatic rings. The normalized spacial score (nSPS) is 19.7. The molecule has 4 rings (SSSR count). The SMILES string of the molecule is CCOc1cc([C@H]2C(=C(O)c3ccc4c(c3)C[C@@H](C)O4)C(=O)C(=O)N2CCN(CC)CC)ccc1OCCC(C)C. The molecule has 0 unspecified atom stereocenters. The summed E-state index contributed by atoms with van der Waals surface area (Å²) in [5, 5.41) is 11.6. The van der Waals surface area contributed by atoms with Crippen LogP contribution in [-0.4, -0.2) is 72.1 Å². The van der Waals surface area contributed by atoms with Crippen LogP contribution in [0.1, 0.15) is 70.7 Å². The second-order valence-corrected chi connectivity index (χ2v) is 11.1. The lowest BCUT2D eigenvalue weighted by Gasteiger charge is -2.28. The van der Waals surface area contributed by atoms with E-state index in [1.807, 2.05) is 44.2 Å². The summed E-state index contributed by atoms with van der Waals surface area (Å²) in [6.07, 6.45) is 1.67. The number of benzene rings is 2. The molecule has 1 amide bonds. The second kappa shape index (κ2) is 13.4. The van der Waals surface area contributed by atoms with Crippen LogP contribution in [0.4, 0.5) is 0 Å². The number of aliphatic hydroxyl groups is 1. The lowest BCUT2D eigenvalue weighted by atomic mass is 9.94. The average molecular weight is 565 g/mol. The summed E-state index contributed by atoms with van der Waals surface area (Å²) in [4.78, 5) is 30.8. The molecule has 2 aromatic rings. The first-order valence-corrected chi connectivity index (χ1v) is 14.9. The summed E-state index contributed by atoms with van der Waals surface area (Å²) < 4.78 is 17.8. The third-order valence-electron chi connectivity index (χ3n) is 7.80. The van der Waals surface area contributed by atoms with Gasteiger partial charge in [-0.1, -0.05) is 33.8 Å². The van der Waals surface area contributed by atoms with E-state index in [2.05, 4.69) is 32.6 Å². The Morgan fingerprint density at radius 1 is 1.07 bits per heavy atom. The van der Waals surface area contributed by atoms with E-state index in [1.165, 1.54) is 0 Å². The van der Waals surface area contributed by atoms with Crippen molar-refractivity contribution in [2.45, 2.75) is 66.5 Å². The fraction of sp³-hybridized carbons (Fsp3) is 0.515. The average Bonchev–Trinajstić information content (AvgIpc) is 3.44. The quantitative estimate of drug-likeness (QED) is 0.193. The summed E-state index contributed by atoms with van der Waals surface area (Å²) in [6, 6.07) is 10.2. The van der Waals surface area contributed by atoms with Crippen LogP contribution < -0.4 is 14.2 Å². The highest BCUT2D eigenvalue weighted by Gasteiger charge is 2.46. The fourth-order valence-electron chi connectivity index (χ4n) is 5.46. The molecule has 2 atom stereocenters. The van der Waals surface area contributed by atoms with Crippen LogP contribution in [0.2, 0.25) is 0 Å². The van der Waals surface area contributed by atoms with Crippen LogP contribution in [0.15, 0.2) is 42.0 Å². The predicted octanol–water partition coefficient (Wildman–Crippen LogP) is 5.60. The molecule has 8 nitrogen and oxygen atoms in total. The molecule has 0 bridgehead atoms. The van der Waals surface area contributed by atoms with E-state index >= 15 is 0 Å². The zero-order valence-electron chi connectivity index (χ0n) is 25.2. The van der Waals surface area contributed by atoms with Crippen LogP contribution in [-0.2, 0) is 16.0 Å². The van der Waals surface area contributed by atoms with Crippen LogP contribution >= 0.6 is 0 Å². The molecule has 0 saturated carbocycles. The molecule has 2 aromatic carbocycles. The van der Waals surface area contributed by atoms with E-state index in [0.717, 1.165) is 30.8 Å².